The third-order valence-corrected chi connectivity index (χ3v) is 7.01. The van der Waals surface area contributed by atoms with Crippen LogP contribution >= 0.6 is 0 Å². The lowest BCUT2D eigenvalue weighted by atomic mass is 9.72. The van der Waals surface area contributed by atoms with Crippen LogP contribution < -0.4 is 5.32 Å². The number of carbonyl (C=O) groups excluding carboxylic acids is 1. The molecule has 1 atom stereocenters. The molecular weight excluding hydrogens is 420 g/mol. The van der Waals surface area contributed by atoms with Gasteiger partial charge in [-0.15, -0.1) is 0 Å². The third kappa shape index (κ3) is 6.29. The molecule has 2 heterocycles. The number of piperidine rings is 1. The number of likely N-dealkylation sites (tertiary alicyclic amines) is 2. The van der Waals surface area contributed by atoms with Gasteiger partial charge in [-0.25, -0.2) is 13.6 Å². The molecule has 2 saturated heterocycles. The van der Waals surface area contributed by atoms with Crippen LogP contribution in [-0.4, -0.2) is 76.6 Å². The number of alkyl halides is 2. The molecule has 2 saturated carbocycles. The summed E-state index contributed by atoms with van der Waals surface area (Å²) in [6.07, 6.45) is 4.70. The minimum absolute atomic E-state index is 0.309. The van der Waals surface area contributed by atoms with Crippen molar-refractivity contribution in [2.45, 2.75) is 88.3 Å². The van der Waals surface area contributed by atoms with Gasteiger partial charge >= 0.3 is 6.09 Å². The molecule has 180 valence electrons. The van der Waals surface area contributed by atoms with E-state index in [1.807, 2.05) is 6.07 Å². The largest absolute Gasteiger partial charge is 0.667 e. The molecule has 0 radical (unpaired) electrons. The van der Waals surface area contributed by atoms with Gasteiger partial charge in [0.1, 0.15) is 5.54 Å². The van der Waals surface area contributed by atoms with Crippen LogP contribution in [0, 0.1) is 16.7 Å². The zero-order valence-electron chi connectivity index (χ0n) is 18.7. The molecule has 10 heteroatoms. The van der Waals surface area contributed by atoms with Gasteiger partial charge in [-0.3, -0.25) is 4.79 Å². The van der Waals surface area contributed by atoms with Gasteiger partial charge in [0.05, 0.1) is 6.07 Å². The minimum atomic E-state index is -2.98. The van der Waals surface area contributed by atoms with Gasteiger partial charge in [-0.05, 0) is 51.6 Å². The number of carboxylic acid groups (broad SMARTS) is 1. The number of nitrogens with zero attached hydrogens (tertiary/aromatic N) is 3. The molecule has 0 aromatic heterocycles. The van der Waals surface area contributed by atoms with Crippen LogP contribution in [0.5, 0.6) is 0 Å². The van der Waals surface area contributed by atoms with E-state index >= 15 is 0 Å². The molecule has 0 bridgehead atoms. The van der Waals surface area contributed by atoms with Crippen LogP contribution in [0.3, 0.4) is 0 Å². The first kappa shape index (κ1) is 24.6. The van der Waals surface area contributed by atoms with Gasteiger partial charge in [0.2, 0.25) is 11.8 Å². The Bertz CT molecular complexity index is 732. The highest BCUT2D eigenvalue weighted by molar-refractivity contribution is 5.84. The Labute approximate surface area is 188 Å². The highest BCUT2D eigenvalue weighted by Gasteiger charge is 2.48. The van der Waals surface area contributed by atoms with Gasteiger partial charge in [0, 0.05) is 37.4 Å². The average Bonchev–Trinajstić information content (AvgIpc) is 3.61. The number of halogens is 2. The number of amides is 2. The average molecular weight is 455 g/mol. The maximum atomic E-state index is 13.2. The van der Waals surface area contributed by atoms with E-state index in [9.17, 15) is 18.4 Å². The van der Waals surface area contributed by atoms with Crippen LogP contribution in [-0.2, 0) is 4.79 Å². The molecule has 8 nitrogen and oxygen atoms in total. The highest BCUT2D eigenvalue weighted by atomic mass is 19.3. The van der Waals surface area contributed by atoms with Crippen LogP contribution in [0.1, 0.15) is 64.7 Å². The van der Waals surface area contributed by atoms with Crippen molar-refractivity contribution in [1.82, 2.24) is 15.1 Å². The Hall–Kier alpha value is -1.99. The number of nitriles is 1. The molecule has 4 rings (SSSR count). The van der Waals surface area contributed by atoms with Gasteiger partial charge < -0.3 is 26.0 Å². The fourth-order valence-electron chi connectivity index (χ4n) is 4.59. The molecule has 3 N–H and O–H groups in total. The predicted octanol–water partition coefficient (Wildman–Crippen LogP) is 3.63. The van der Waals surface area contributed by atoms with E-state index in [-0.39, 0.29) is 6.42 Å². The maximum Gasteiger partial charge on any atom is 0.407 e. The zero-order valence-corrected chi connectivity index (χ0v) is 18.7. The second-order valence-corrected chi connectivity index (χ2v) is 9.95. The van der Waals surface area contributed by atoms with Crippen molar-refractivity contribution in [2.24, 2.45) is 5.41 Å². The smallest absolute Gasteiger partial charge is 0.407 e. The molecule has 2 aliphatic heterocycles. The molecule has 4 aliphatic rings. The number of rotatable bonds is 7. The normalized spacial score (nSPS) is 24.4. The van der Waals surface area contributed by atoms with Crippen molar-refractivity contribution in [3.63, 3.8) is 0 Å². The summed E-state index contributed by atoms with van der Waals surface area (Å²) in [4.78, 5) is 26.3. The fraction of sp³-hybridized carbons (Fsp3) is 0.864. The summed E-state index contributed by atoms with van der Waals surface area (Å²) in [7, 11) is 0. The lowest BCUT2D eigenvalue weighted by Crippen LogP contribution is -2.61. The molecule has 1 spiro atoms. The summed E-state index contributed by atoms with van der Waals surface area (Å²) in [5, 5.41) is 19.9. The van der Waals surface area contributed by atoms with Gasteiger partial charge in [-0.1, -0.05) is 19.4 Å². The summed E-state index contributed by atoms with van der Waals surface area (Å²) >= 11 is 0. The molecule has 0 unspecified atom stereocenters. The number of carbonyl (C=O) groups is 2. The van der Waals surface area contributed by atoms with Gasteiger partial charge in [-0.2, -0.15) is 5.26 Å². The molecule has 2 amide bonds. The van der Waals surface area contributed by atoms with Gasteiger partial charge in [0.25, 0.3) is 0 Å². The van der Waals surface area contributed by atoms with E-state index < -0.39 is 35.9 Å². The standard InChI is InChI=1S/C11H16F2N3O.C11H18N2O2/c1-2-3-11(12,13)6-8(15)9(17)16-10(7-14)4-5-10;14-10(15)13-7-11(8-13)3-5-12(6-4-11)9-1-2-9/h8,15H,2-6H2,1H3,(H,16,17);9H,1-8H2,(H,14,15)/q-1;/t8-;/m0./s1. The highest BCUT2D eigenvalue weighted by Crippen LogP contribution is 2.42. The summed E-state index contributed by atoms with van der Waals surface area (Å²) in [6, 6.07) is 1.28. The third-order valence-electron chi connectivity index (χ3n) is 7.01. The SMILES string of the molecule is CCCC(F)(F)C[C@H]([NH-])C(=O)NC1(C#N)CC1.O=C(O)N1CC2(CCN(C3CC3)CC2)C1. The summed E-state index contributed by atoms with van der Waals surface area (Å²) in [5.74, 6) is -3.76. The predicted molar refractivity (Wildman–Crippen MR) is 114 cm³/mol. The Kier molecular flexibility index (Phi) is 7.30. The molecule has 32 heavy (non-hydrogen) atoms. The Morgan fingerprint density at radius 2 is 1.84 bits per heavy atom. The Morgan fingerprint density at radius 3 is 2.28 bits per heavy atom. The summed E-state index contributed by atoms with van der Waals surface area (Å²) in [5.41, 5.74) is 6.85. The molecule has 0 aromatic carbocycles. The fourth-order valence-corrected chi connectivity index (χ4v) is 4.59. The van der Waals surface area contributed by atoms with Crippen molar-refractivity contribution in [3.8, 4) is 6.07 Å². The first-order valence-electron chi connectivity index (χ1n) is 11.6. The van der Waals surface area contributed by atoms with E-state index in [0.717, 1.165) is 19.1 Å². The van der Waals surface area contributed by atoms with E-state index in [4.69, 9.17) is 16.1 Å². The second-order valence-electron chi connectivity index (χ2n) is 9.95. The Balaban J connectivity index is 0.000000181. The van der Waals surface area contributed by atoms with Crippen LogP contribution in [0.4, 0.5) is 13.6 Å². The number of hydrogen-bond donors (Lipinski definition) is 2. The van der Waals surface area contributed by atoms with E-state index in [1.54, 1.807) is 11.8 Å². The molecular formula is C22H34F2N5O3-. The van der Waals surface area contributed by atoms with Crippen molar-refractivity contribution >= 4 is 12.0 Å². The first-order chi connectivity index (χ1) is 15.0. The second kappa shape index (κ2) is 9.48. The summed E-state index contributed by atoms with van der Waals surface area (Å²) < 4.78 is 26.4. The molecule has 4 fully saturated rings. The zero-order chi connectivity index (χ0) is 23.6. The number of nitrogens with one attached hydrogen (secondary N) is 2. The molecule has 2 aliphatic carbocycles. The Morgan fingerprint density at radius 1 is 1.25 bits per heavy atom. The van der Waals surface area contributed by atoms with Crippen molar-refractivity contribution in [1.29, 1.82) is 5.26 Å². The van der Waals surface area contributed by atoms with Crippen LogP contribution in [0.15, 0.2) is 0 Å². The van der Waals surface area contributed by atoms with Crippen LogP contribution in [0.2, 0.25) is 0 Å². The lowest BCUT2D eigenvalue weighted by Gasteiger charge is -2.53. The van der Waals surface area contributed by atoms with E-state index in [1.165, 1.54) is 38.8 Å². The van der Waals surface area contributed by atoms with Crippen LogP contribution in [0.25, 0.3) is 5.73 Å². The minimum Gasteiger partial charge on any atom is -0.667 e. The lowest BCUT2D eigenvalue weighted by molar-refractivity contribution is -0.124. The van der Waals surface area contributed by atoms with E-state index in [0.29, 0.717) is 24.7 Å². The van der Waals surface area contributed by atoms with Crippen molar-refractivity contribution in [3.05, 3.63) is 5.73 Å². The summed E-state index contributed by atoms with van der Waals surface area (Å²) in [6.45, 7) is 5.57. The van der Waals surface area contributed by atoms with Crippen molar-refractivity contribution in [2.75, 3.05) is 26.2 Å². The quantitative estimate of drug-likeness (QED) is 0.609. The topological polar surface area (TPSA) is 120 Å². The van der Waals surface area contributed by atoms with Crippen molar-refractivity contribution < 1.29 is 23.5 Å². The maximum absolute atomic E-state index is 13.2. The van der Waals surface area contributed by atoms with Gasteiger partial charge in [0.15, 0.2) is 0 Å². The number of hydrogen-bond acceptors (Lipinski definition) is 4. The van der Waals surface area contributed by atoms with E-state index in [2.05, 4.69) is 10.2 Å². The first-order valence-corrected chi connectivity index (χ1v) is 11.6. The monoisotopic (exact) mass is 454 g/mol. The molecule has 0 aromatic rings.